The number of aliphatic hydroxyl groups is 1. The monoisotopic (exact) mass is 370 g/mol. The number of hydrogen-bond donors (Lipinski definition) is 2. The number of benzene rings is 1. The van der Waals surface area contributed by atoms with E-state index in [0.717, 1.165) is 33.8 Å². The van der Waals surface area contributed by atoms with Crippen LogP contribution in [0.1, 0.15) is 28.9 Å². The van der Waals surface area contributed by atoms with Crippen molar-refractivity contribution in [1.29, 1.82) is 0 Å². The van der Waals surface area contributed by atoms with Gasteiger partial charge in [-0.3, -0.25) is 4.79 Å². The molecule has 0 aliphatic carbocycles. The van der Waals surface area contributed by atoms with E-state index in [9.17, 15) is 4.79 Å². The number of nitrogens with zero attached hydrogens (tertiary/aromatic N) is 1. The third-order valence-electron chi connectivity index (χ3n) is 3.39. The fraction of sp³-hybridized carbons (Fsp3) is 0.400. The number of aliphatic hydroxyl groups excluding tert-OH is 1. The average molecular weight is 371 g/mol. The SMILES string of the molecule is CN(CCCCCO)C(=O)c1sc2cccc(Br)c2c1N. The fourth-order valence-corrected chi connectivity index (χ4v) is 4.06. The van der Waals surface area contributed by atoms with Gasteiger partial charge < -0.3 is 15.7 Å². The largest absolute Gasteiger partial charge is 0.397 e. The summed E-state index contributed by atoms with van der Waals surface area (Å²) in [5.41, 5.74) is 6.71. The Balaban J connectivity index is 2.16. The molecule has 0 saturated carbocycles. The summed E-state index contributed by atoms with van der Waals surface area (Å²) in [6.07, 6.45) is 2.58. The maximum Gasteiger partial charge on any atom is 0.265 e. The molecule has 0 unspecified atom stereocenters. The van der Waals surface area contributed by atoms with Crippen LogP contribution in [0.2, 0.25) is 0 Å². The molecule has 6 heteroatoms. The van der Waals surface area contributed by atoms with Crippen LogP contribution in [0.15, 0.2) is 22.7 Å². The Morgan fingerprint density at radius 2 is 2.14 bits per heavy atom. The number of nitrogen functional groups attached to an aromatic ring is 1. The number of halogens is 1. The van der Waals surface area contributed by atoms with Crippen LogP contribution in [0.5, 0.6) is 0 Å². The maximum absolute atomic E-state index is 12.5. The van der Waals surface area contributed by atoms with E-state index in [1.807, 2.05) is 18.2 Å². The number of anilines is 1. The second kappa shape index (κ2) is 7.24. The molecule has 0 aliphatic heterocycles. The summed E-state index contributed by atoms with van der Waals surface area (Å²) in [5, 5.41) is 9.68. The first-order chi connectivity index (χ1) is 10.1. The van der Waals surface area contributed by atoms with E-state index in [1.165, 1.54) is 11.3 Å². The molecule has 21 heavy (non-hydrogen) atoms. The summed E-state index contributed by atoms with van der Waals surface area (Å²) in [5.74, 6) is -0.0374. The van der Waals surface area contributed by atoms with Crippen molar-refractivity contribution < 1.29 is 9.90 Å². The lowest BCUT2D eigenvalue weighted by atomic mass is 10.2. The van der Waals surface area contributed by atoms with Gasteiger partial charge in [-0.15, -0.1) is 11.3 Å². The van der Waals surface area contributed by atoms with Crippen LogP contribution in [0.4, 0.5) is 5.69 Å². The number of unbranched alkanes of at least 4 members (excludes halogenated alkanes) is 2. The molecule has 0 saturated heterocycles. The van der Waals surface area contributed by atoms with Crippen LogP contribution in [0.25, 0.3) is 10.1 Å². The van der Waals surface area contributed by atoms with Crippen molar-refractivity contribution in [2.45, 2.75) is 19.3 Å². The van der Waals surface area contributed by atoms with Crippen molar-refractivity contribution in [3.05, 3.63) is 27.5 Å². The van der Waals surface area contributed by atoms with Crippen LogP contribution in [-0.2, 0) is 0 Å². The predicted octanol–water partition coefficient (Wildman–Crippen LogP) is 3.48. The quantitative estimate of drug-likeness (QED) is 0.764. The molecule has 0 atom stereocenters. The first-order valence-corrected chi connectivity index (χ1v) is 8.50. The normalized spacial score (nSPS) is 11.0. The van der Waals surface area contributed by atoms with Crippen LogP contribution in [0, 0.1) is 0 Å². The minimum Gasteiger partial charge on any atom is -0.397 e. The van der Waals surface area contributed by atoms with E-state index < -0.39 is 0 Å². The van der Waals surface area contributed by atoms with E-state index >= 15 is 0 Å². The van der Waals surface area contributed by atoms with Gasteiger partial charge in [0, 0.05) is 34.8 Å². The zero-order valence-electron chi connectivity index (χ0n) is 11.9. The van der Waals surface area contributed by atoms with Gasteiger partial charge in [-0.1, -0.05) is 22.0 Å². The van der Waals surface area contributed by atoms with Crippen LogP contribution in [0.3, 0.4) is 0 Å². The van der Waals surface area contributed by atoms with E-state index in [2.05, 4.69) is 15.9 Å². The minimum atomic E-state index is -0.0374. The molecule has 1 heterocycles. The van der Waals surface area contributed by atoms with Crippen molar-refractivity contribution in [3.8, 4) is 0 Å². The highest BCUT2D eigenvalue weighted by Crippen LogP contribution is 2.38. The molecule has 2 aromatic rings. The first-order valence-electron chi connectivity index (χ1n) is 6.89. The highest BCUT2D eigenvalue weighted by Gasteiger charge is 2.20. The van der Waals surface area contributed by atoms with Crippen molar-refractivity contribution in [2.75, 3.05) is 25.9 Å². The fourth-order valence-electron chi connectivity index (χ4n) is 2.20. The molecule has 0 bridgehead atoms. The van der Waals surface area contributed by atoms with Gasteiger partial charge in [0.15, 0.2) is 0 Å². The Kier molecular flexibility index (Phi) is 5.61. The summed E-state index contributed by atoms with van der Waals surface area (Å²) < 4.78 is 1.93. The van der Waals surface area contributed by atoms with Crippen LogP contribution in [-0.4, -0.2) is 36.1 Å². The molecule has 0 aliphatic rings. The van der Waals surface area contributed by atoms with Crippen molar-refractivity contribution in [1.82, 2.24) is 4.90 Å². The number of rotatable bonds is 6. The number of thiophene rings is 1. The number of carbonyl (C=O) groups excluding carboxylic acids is 1. The smallest absolute Gasteiger partial charge is 0.265 e. The molecule has 0 fully saturated rings. The molecule has 1 aromatic heterocycles. The topological polar surface area (TPSA) is 66.6 Å². The highest BCUT2D eigenvalue weighted by atomic mass is 79.9. The zero-order valence-corrected chi connectivity index (χ0v) is 14.3. The molecule has 0 radical (unpaired) electrons. The van der Waals surface area contributed by atoms with Gasteiger partial charge in [0.2, 0.25) is 0 Å². The van der Waals surface area contributed by atoms with E-state index in [4.69, 9.17) is 10.8 Å². The lowest BCUT2D eigenvalue weighted by Gasteiger charge is -2.16. The summed E-state index contributed by atoms with van der Waals surface area (Å²) in [4.78, 5) is 14.8. The third kappa shape index (κ3) is 3.56. The number of nitrogens with two attached hydrogens (primary N) is 1. The summed E-state index contributed by atoms with van der Waals surface area (Å²) in [6, 6.07) is 5.84. The summed E-state index contributed by atoms with van der Waals surface area (Å²) in [6.45, 7) is 0.878. The minimum absolute atomic E-state index is 0.0374. The van der Waals surface area contributed by atoms with Gasteiger partial charge >= 0.3 is 0 Å². The second-order valence-electron chi connectivity index (χ2n) is 4.97. The van der Waals surface area contributed by atoms with E-state index in [1.54, 1.807) is 11.9 Å². The standard InChI is InChI=1S/C15H19BrN2O2S/c1-18(8-3-2-4-9-19)15(20)14-13(17)12-10(16)6-5-7-11(12)21-14/h5-7,19H,2-4,8-9,17H2,1H3. The lowest BCUT2D eigenvalue weighted by molar-refractivity contribution is 0.0798. The molecule has 2 rings (SSSR count). The molecule has 4 nitrogen and oxygen atoms in total. The van der Waals surface area contributed by atoms with Gasteiger partial charge in [-0.2, -0.15) is 0 Å². The van der Waals surface area contributed by atoms with E-state index in [-0.39, 0.29) is 12.5 Å². The van der Waals surface area contributed by atoms with Gasteiger partial charge in [-0.25, -0.2) is 0 Å². The highest BCUT2D eigenvalue weighted by molar-refractivity contribution is 9.10. The summed E-state index contributed by atoms with van der Waals surface area (Å²) in [7, 11) is 1.79. The average Bonchev–Trinajstić information content (AvgIpc) is 2.81. The van der Waals surface area contributed by atoms with Gasteiger partial charge in [0.25, 0.3) is 5.91 Å². The van der Waals surface area contributed by atoms with E-state index in [0.29, 0.717) is 17.1 Å². The molecular formula is C15H19BrN2O2S. The molecule has 0 spiro atoms. The van der Waals surface area contributed by atoms with Crippen molar-refractivity contribution >= 4 is 48.9 Å². The predicted molar refractivity (Wildman–Crippen MR) is 91.8 cm³/mol. The van der Waals surface area contributed by atoms with Crippen molar-refractivity contribution in [3.63, 3.8) is 0 Å². The Morgan fingerprint density at radius 1 is 1.38 bits per heavy atom. The first kappa shape index (κ1) is 16.3. The second-order valence-corrected chi connectivity index (χ2v) is 6.88. The number of amides is 1. The number of hydrogen-bond acceptors (Lipinski definition) is 4. The van der Waals surface area contributed by atoms with Crippen molar-refractivity contribution in [2.24, 2.45) is 0 Å². The van der Waals surface area contributed by atoms with Gasteiger partial charge in [0.05, 0.1) is 5.69 Å². The maximum atomic E-state index is 12.5. The lowest BCUT2D eigenvalue weighted by Crippen LogP contribution is -2.27. The van der Waals surface area contributed by atoms with Gasteiger partial charge in [0.1, 0.15) is 4.88 Å². The zero-order chi connectivity index (χ0) is 15.4. The molecular weight excluding hydrogens is 352 g/mol. The molecule has 3 N–H and O–H groups in total. The third-order valence-corrected chi connectivity index (χ3v) is 5.21. The number of carbonyl (C=O) groups is 1. The Hall–Kier alpha value is -1.11. The van der Waals surface area contributed by atoms with Gasteiger partial charge in [-0.05, 0) is 31.4 Å². The molecule has 1 amide bonds. The number of fused-ring (bicyclic) bond motifs is 1. The Labute approximate surface area is 136 Å². The van der Waals surface area contributed by atoms with Crippen LogP contribution < -0.4 is 5.73 Å². The summed E-state index contributed by atoms with van der Waals surface area (Å²) >= 11 is 4.92. The Morgan fingerprint density at radius 3 is 2.81 bits per heavy atom. The van der Waals surface area contributed by atoms with Crippen LogP contribution >= 0.6 is 27.3 Å². The molecule has 114 valence electrons. The Bertz CT molecular complexity index is 642. The molecule has 1 aromatic carbocycles.